The van der Waals surface area contributed by atoms with Gasteiger partial charge in [0.2, 0.25) is 5.82 Å². The van der Waals surface area contributed by atoms with Gasteiger partial charge in [0.15, 0.2) is 0 Å². The van der Waals surface area contributed by atoms with Crippen molar-refractivity contribution in [1.29, 1.82) is 0 Å². The molecule has 0 radical (unpaired) electrons. The van der Waals surface area contributed by atoms with Crippen LogP contribution >= 0.6 is 0 Å². The third-order valence-electron chi connectivity index (χ3n) is 3.51. The predicted octanol–water partition coefficient (Wildman–Crippen LogP) is 2.42. The van der Waals surface area contributed by atoms with Crippen LogP contribution < -0.4 is 4.74 Å². The van der Waals surface area contributed by atoms with Crippen LogP contribution in [0.5, 0.6) is 5.75 Å². The van der Waals surface area contributed by atoms with Gasteiger partial charge in [0, 0.05) is 16.5 Å². The molecule has 0 bridgehead atoms. The molecule has 0 aliphatic rings. The molecular formula is C15H12N6O. The molecule has 7 nitrogen and oxygen atoms in total. The second-order valence-electron chi connectivity index (χ2n) is 4.80. The summed E-state index contributed by atoms with van der Waals surface area (Å²) in [6.45, 7) is 0. The van der Waals surface area contributed by atoms with E-state index in [0.717, 1.165) is 33.5 Å². The maximum atomic E-state index is 5.28. The van der Waals surface area contributed by atoms with Gasteiger partial charge in [0.05, 0.1) is 12.6 Å². The van der Waals surface area contributed by atoms with Gasteiger partial charge in [-0.3, -0.25) is 5.10 Å². The number of nitrogens with zero attached hydrogens (tertiary/aromatic N) is 4. The van der Waals surface area contributed by atoms with Crippen LogP contribution in [0.1, 0.15) is 0 Å². The Labute approximate surface area is 125 Å². The van der Waals surface area contributed by atoms with Gasteiger partial charge < -0.3 is 4.74 Å². The van der Waals surface area contributed by atoms with Crippen molar-refractivity contribution in [3.63, 3.8) is 0 Å². The lowest BCUT2D eigenvalue weighted by molar-refractivity contribution is 0.415. The molecular weight excluding hydrogens is 280 g/mol. The van der Waals surface area contributed by atoms with E-state index < -0.39 is 0 Å². The van der Waals surface area contributed by atoms with Gasteiger partial charge in [-0.25, -0.2) is 0 Å². The SMILES string of the molecule is COc1cccc(-c2n[nH]c3ccc(-c4nn[nH]n4)cc23)c1. The number of hydrogen-bond acceptors (Lipinski definition) is 5. The first-order valence-corrected chi connectivity index (χ1v) is 6.71. The first-order chi connectivity index (χ1) is 10.8. The van der Waals surface area contributed by atoms with Crippen molar-refractivity contribution in [2.24, 2.45) is 0 Å². The summed E-state index contributed by atoms with van der Waals surface area (Å²) in [7, 11) is 1.65. The Kier molecular flexibility index (Phi) is 2.82. The minimum absolute atomic E-state index is 0.555. The van der Waals surface area contributed by atoms with Gasteiger partial charge >= 0.3 is 0 Å². The lowest BCUT2D eigenvalue weighted by Crippen LogP contribution is -1.85. The van der Waals surface area contributed by atoms with Crippen LogP contribution in [0.4, 0.5) is 0 Å². The molecule has 0 aliphatic heterocycles. The number of nitrogens with one attached hydrogen (secondary N) is 2. The van der Waals surface area contributed by atoms with Crippen LogP contribution in [0.2, 0.25) is 0 Å². The average molecular weight is 292 g/mol. The molecule has 0 aliphatic carbocycles. The van der Waals surface area contributed by atoms with Crippen molar-refractivity contribution in [3.8, 4) is 28.4 Å². The second kappa shape index (κ2) is 4.96. The zero-order valence-corrected chi connectivity index (χ0v) is 11.7. The zero-order chi connectivity index (χ0) is 14.9. The fraction of sp³-hybridized carbons (Fsp3) is 0.0667. The Hall–Kier alpha value is -3.22. The maximum Gasteiger partial charge on any atom is 0.204 e. The third-order valence-corrected chi connectivity index (χ3v) is 3.51. The Morgan fingerprint density at radius 2 is 1.95 bits per heavy atom. The number of benzene rings is 2. The van der Waals surface area contributed by atoms with E-state index in [9.17, 15) is 0 Å². The highest BCUT2D eigenvalue weighted by atomic mass is 16.5. The molecule has 4 aromatic rings. The summed E-state index contributed by atoms with van der Waals surface area (Å²) in [5, 5.41) is 22.5. The molecule has 2 N–H and O–H groups in total. The molecule has 0 saturated carbocycles. The van der Waals surface area contributed by atoms with E-state index in [0.29, 0.717) is 5.82 Å². The number of aromatic amines is 2. The van der Waals surface area contributed by atoms with Crippen molar-refractivity contribution in [2.75, 3.05) is 7.11 Å². The normalized spacial score (nSPS) is 11.0. The van der Waals surface area contributed by atoms with E-state index in [-0.39, 0.29) is 0 Å². The van der Waals surface area contributed by atoms with Gasteiger partial charge in [-0.2, -0.15) is 10.3 Å². The Balaban J connectivity index is 1.89. The highest BCUT2D eigenvalue weighted by molar-refractivity contribution is 5.95. The number of rotatable bonds is 3. The molecule has 0 amide bonds. The quantitative estimate of drug-likeness (QED) is 0.605. The number of hydrogen-bond donors (Lipinski definition) is 2. The Morgan fingerprint density at radius 3 is 2.77 bits per heavy atom. The highest BCUT2D eigenvalue weighted by Crippen LogP contribution is 2.30. The molecule has 0 atom stereocenters. The van der Waals surface area contributed by atoms with E-state index in [1.165, 1.54) is 0 Å². The number of tetrazole rings is 1. The van der Waals surface area contributed by atoms with Gasteiger partial charge in [-0.05, 0) is 35.5 Å². The zero-order valence-electron chi connectivity index (χ0n) is 11.7. The summed E-state index contributed by atoms with van der Waals surface area (Å²) in [5.41, 5.74) is 3.67. The summed E-state index contributed by atoms with van der Waals surface area (Å²) < 4.78 is 5.28. The molecule has 0 fully saturated rings. The fourth-order valence-electron chi connectivity index (χ4n) is 2.43. The number of ether oxygens (including phenoxy) is 1. The van der Waals surface area contributed by atoms with Gasteiger partial charge in [0.1, 0.15) is 11.4 Å². The molecule has 2 heterocycles. The van der Waals surface area contributed by atoms with E-state index in [2.05, 4.69) is 30.8 Å². The van der Waals surface area contributed by atoms with Crippen molar-refractivity contribution in [1.82, 2.24) is 30.8 Å². The van der Waals surface area contributed by atoms with Crippen LogP contribution in [0, 0.1) is 0 Å². The topological polar surface area (TPSA) is 92.4 Å². The number of H-pyrrole nitrogens is 2. The van der Waals surface area contributed by atoms with Gasteiger partial charge in [0.25, 0.3) is 0 Å². The van der Waals surface area contributed by atoms with Crippen LogP contribution in [-0.4, -0.2) is 37.9 Å². The molecule has 2 aromatic heterocycles. The smallest absolute Gasteiger partial charge is 0.204 e. The van der Waals surface area contributed by atoms with Crippen LogP contribution in [0.15, 0.2) is 42.5 Å². The molecule has 22 heavy (non-hydrogen) atoms. The summed E-state index contributed by atoms with van der Waals surface area (Å²) in [5.74, 6) is 1.35. The predicted molar refractivity (Wildman–Crippen MR) is 81.3 cm³/mol. The Morgan fingerprint density at radius 1 is 1.00 bits per heavy atom. The monoisotopic (exact) mass is 292 g/mol. The van der Waals surface area contributed by atoms with Crippen molar-refractivity contribution >= 4 is 10.9 Å². The summed E-state index contributed by atoms with van der Waals surface area (Å²) >= 11 is 0. The molecule has 4 rings (SSSR count). The summed E-state index contributed by atoms with van der Waals surface area (Å²) in [6, 6.07) is 13.7. The lowest BCUT2D eigenvalue weighted by atomic mass is 10.1. The minimum Gasteiger partial charge on any atom is -0.497 e. The first-order valence-electron chi connectivity index (χ1n) is 6.71. The van der Waals surface area contributed by atoms with E-state index >= 15 is 0 Å². The van der Waals surface area contributed by atoms with Crippen molar-refractivity contribution < 1.29 is 4.74 Å². The van der Waals surface area contributed by atoms with Crippen LogP contribution in [-0.2, 0) is 0 Å². The average Bonchev–Trinajstić information content (AvgIpc) is 3.23. The third kappa shape index (κ3) is 1.99. The second-order valence-corrected chi connectivity index (χ2v) is 4.80. The fourth-order valence-corrected chi connectivity index (χ4v) is 2.43. The molecule has 2 aromatic carbocycles. The summed E-state index contributed by atoms with van der Waals surface area (Å²) in [6.07, 6.45) is 0. The van der Waals surface area contributed by atoms with Crippen molar-refractivity contribution in [3.05, 3.63) is 42.5 Å². The van der Waals surface area contributed by atoms with Crippen molar-refractivity contribution in [2.45, 2.75) is 0 Å². The lowest BCUT2D eigenvalue weighted by Gasteiger charge is -2.03. The van der Waals surface area contributed by atoms with E-state index in [4.69, 9.17) is 4.74 Å². The number of methoxy groups -OCH3 is 1. The van der Waals surface area contributed by atoms with Crippen LogP contribution in [0.3, 0.4) is 0 Å². The van der Waals surface area contributed by atoms with Gasteiger partial charge in [-0.1, -0.05) is 12.1 Å². The van der Waals surface area contributed by atoms with E-state index in [1.54, 1.807) is 7.11 Å². The van der Waals surface area contributed by atoms with Gasteiger partial charge in [-0.15, -0.1) is 10.2 Å². The molecule has 0 saturated heterocycles. The highest BCUT2D eigenvalue weighted by Gasteiger charge is 2.11. The first kappa shape index (κ1) is 12.5. The molecule has 0 spiro atoms. The molecule has 108 valence electrons. The van der Waals surface area contributed by atoms with E-state index in [1.807, 2.05) is 42.5 Å². The number of aromatic nitrogens is 6. The largest absolute Gasteiger partial charge is 0.497 e. The Bertz CT molecular complexity index is 928. The maximum absolute atomic E-state index is 5.28. The van der Waals surface area contributed by atoms with Crippen LogP contribution in [0.25, 0.3) is 33.5 Å². The minimum atomic E-state index is 0.555. The standard InChI is InChI=1S/C15H12N6O/c1-22-11-4-2-3-9(7-11)14-12-8-10(15-18-20-21-19-15)5-6-13(12)16-17-14/h2-8H,1H3,(H,16,17)(H,18,19,20,21). The molecule has 7 heteroatoms. The molecule has 0 unspecified atom stereocenters. The summed E-state index contributed by atoms with van der Waals surface area (Å²) in [4.78, 5) is 0. The number of fused-ring (bicyclic) bond motifs is 1.